The monoisotopic (exact) mass is 397 g/mol. The van der Waals surface area contributed by atoms with Crippen LogP contribution >= 0.6 is 27.5 Å². The zero-order valence-corrected chi connectivity index (χ0v) is 13.8. The van der Waals surface area contributed by atoms with E-state index in [9.17, 15) is 19.7 Å². The summed E-state index contributed by atoms with van der Waals surface area (Å²) in [6.45, 7) is -0.519. The van der Waals surface area contributed by atoms with Gasteiger partial charge in [-0.3, -0.25) is 14.9 Å². The molecule has 6 nitrogen and oxygen atoms in total. The van der Waals surface area contributed by atoms with Gasteiger partial charge in [-0.15, -0.1) is 0 Å². The molecule has 118 valence electrons. The largest absolute Gasteiger partial charge is 0.454 e. The summed E-state index contributed by atoms with van der Waals surface area (Å²) in [7, 11) is 0. The summed E-state index contributed by atoms with van der Waals surface area (Å²) in [5, 5.41) is 11.1. The van der Waals surface area contributed by atoms with Crippen molar-refractivity contribution in [1.82, 2.24) is 0 Å². The molecule has 0 aliphatic heterocycles. The van der Waals surface area contributed by atoms with Crippen molar-refractivity contribution in [3.63, 3.8) is 0 Å². The lowest BCUT2D eigenvalue weighted by molar-refractivity contribution is -0.385. The standard InChI is InChI=1S/C15H9BrClNO5/c16-10-3-1-2-9(6-10)14(19)8-23-15(20)12-5-4-11(17)7-13(12)18(21)22/h1-7H,8H2. The van der Waals surface area contributed by atoms with E-state index in [0.717, 1.165) is 6.07 Å². The Bertz CT molecular complexity index is 793. The van der Waals surface area contributed by atoms with Gasteiger partial charge < -0.3 is 4.74 Å². The topological polar surface area (TPSA) is 86.5 Å². The number of Topliss-reactive ketones (excluding diaryl/α,β-unsaturated/α-hetero) is 1. The van der Waals surface area contributed by atoms with Crippen LogP contribution in [0.5, 0.6) is 0 Å². The van der Waals surface area contributed by atoms with Crippen LogP contribution in [0.25, 0.3) is 0 Å². The first kappa shape index (κ1) is 17.1. The fraction of sp³-hybridized carbons (Fsp3) is 0.0667. The van der Waals surface area contributed by atoms with Gasteiger partial charge in [0.1, 0.15) is 5.56 Å². The number of hydrogen-bond acceptors (Lipinski definition) is 5. The molecule has 0 atom stereocenters. The highest BCUT2D eigenvalue weighted by molar-refractivity contribution is 9.10. The number of ketones is 1. The lowest BCUT2D eigenvalue weighted by Crippen LogP contribution is -2.15. The van der Waals surface area contributed by atoms with Crippen molar-refractivity contribution in [2.24, 2.45) is 0 Å². The highest BCUT2D eigenvalue weighted by atomic mass is 79.9. The first-order chi connectivity index (χ1) is 10.9. The Hall–Kier alpha value is -2.25. The van der Waals surface area contributed by atoms with Crippen molar-refractivity contribution in [2.45, 2.75) is 0 Å². The zero-order valence-electron chi connectivity index (χ0n) is 11.5. The van der Waals surface area contributed by atoms with E-state index in [4.69, 9.17) is 16.3 Å². The molecule has 0 aromatic heterocycles. The molecule has 8 heteroatoms. The van der Waals surface area contributed by atoms with Gasteiger partial charge in [-0.25, -0.2) is 4.79 Å². The van der Waals surface area contributed by atoms with Gasteiger partial charge in [0.2, 0.25) is 0 Å². The van der Waals surface area contributed by atoms with Gasteiger partial charge in [-0.2, -0.15) is 0 Å². The molecule has 2 aromatic carbocycles. The molecule has 2 rings (SSSR count). The molecule has 0 heterocycles. The minimum absolute atomic E-state index is 0.124. The number of esters is 1. The van der Waals surface area contributed by atoms with Crippen LogP contribution in [0.2, 0.25) is 5.02 Å². The summed E-state index contributed by atoms with van der Waals surface area (Å²) in [4.78, 5) is 34.1. The van der Waals surface area contributed by atoms with Gasteiger partial charge in [0.25, 0.3) is 5.69 Å². The molecule has 0 amide bonds. The molecular weight excluding hydrogens is 390 g/mol. The lowest BCUT2D eigenvalue weighted by atomic mass is 10.1. The van der Waals surface area contributed by atoms with Gasteiger partial charge in [-0.1, -0.05) is 39.7 Å². The zero-order chi connectivity index (χ0) is 17.0. The minimum Gasteiger partial charge on any atom is -0.454 e. The predicted octanol–water partition coefficient (Wildman–Crippen LogP) is 4.05. The first-order valence-corrected chi connectivity index (χ1v) is 7.45. The first-order valence-electron chi connectivity index (χ1n) is 6.28. The Morgan fingerprint density at radius 3 is 2.61 bits per heavy atom. The van der Waals surface area contributed by atoms with Gasteiger partial charge in [0.15, 0.2) is 12.4 Å². The van der Waals surface area contributed by atoms with Crippen LogP contribution in [0.3, 0.4) is 0 Å². The second-order valence-electron chi connectivity index (χ2n) is 4.43. The summed E-state index contributed by atoms with van der Waals surface area (Å²) >= 11 is 8.90. The maximum atomic E-state index is 12.0. The maximum absolute atomic E-state index is 12.0. The van der Waals surface area contributed by atoms with E-state index < -0.39 is 29.0 Å². The molecule has 0 fully saturated rings. The molecule has 0 bridgehead atoms. The molecule has 0 saturated carbocycles. The van der Waals surface area contributed by atoms with Gasteiger partial charge in [0.05, 0.1) is 4.92 Å². The number of benzene rings is 2. The Morgan fingerprint density at radius 1 is 1.22 bits per heavy atom. The summed E-state index contributed by atoms with van der Waals surface area (Å²) < 4.78 is 5.57. The van der Waals surface area contributed by atoms with Crippen molar-refractivity contribution in [1.29, 1.82) is 0 Å². The third kappa shape index (κ3) is 4.37. The fourth-order valence-electron chi connectivity index (χ4n) is 1.78. The molecular formula is C15H9BrClNO5. The molecule has 0 spiro atoms. The van der Waals surface area contributed by atoms with Crippen LogP contribution in [-0.4, -0.2) is 23.3 Å². The normalized spacial score (nSPS) is 10.2. The second kappa shape index (κ2) is 7.34. The fourth-order valence-corrected chi connectivity index (χ4v) is 2.35. The van der Waals surface area contributed by atoms with Crippen LogP contribution in [0.15, 0.2) is 46.9 Å². The van der Waals surface area contributed by atoms with E-state index in [1.807, 2.05) is 0 Å². The van der Waals surface area contributed by atoms with Gasteiger partial charge in [0, 0.05) is 21.1 Å². The molecule has 2 aromatic rings. The Balaban J connectivity index is 2.11. The van der Waals surface area contributed by atoms with Crippen molar-refractivity contribution < 1.29 is 19.2 Å². The summed E-state index contributed by atoms with van der Waals surface area (Å²) in [5.74, 6) is -1.38. The van der Waals surface area contributed by atoms with Crippen molar-refractivity contribution in [3.05, 3.63) is 73.2 Å². The summed E-state index contributed by atoms with van der Waals surface area (Å²) in [6.07, 6.45) is 0. The number of hydrogen-bond donors (Lipinski definition) is 0. The summed E-state index contributed by atoms with van der Waals surface area (Å²) in [6, 6.07) is 10.2. The second-order valence-corrected chi connectivity index (χ2v) is 5.78. The lowest BCUT2D eigenvalue weighted by Gasteiger charge is -2.05. The van der Waals surface area contributed by atoms with E-state index in [1.54, 1.807) is 24.3 Å². The van der Waals surface area contributed by atoms with E-state index in [1.165, 1.54) is 12.1 Å². The number of nitrogens with zero attached hydrogens (tertiary/aromatic N) is 1. The number of nitro benzene ring substituents is 1. The summed E-state index contributed by atoms with van der Waals surface area (Å²) in [5.41, 5.74) is -0.378. The number of halogens is 2. The van der Waals surface area contributed by atoms with Gasteiger partial charge in [-0.05, 0) is 24.3 Å². The number of rotatable bonds is 5. The van der Waals surface area contributed by atoms with Crippen molar-refractivity contribution in [3.8, 4) is 0 Å². The van der Waals surface area contributed by atoms with Crippen LogP contribution < -0.4 is 0 Å². The average molecular weight is 399 g/mol. The molecule has 23 heavy (non-hydrogen) atoms. The van der Waals surface area contributed by atoms with Crippen LogP contribution in [0.4, 0.5) is 5.69 Å². The number of carbonyl (C=O) groups excluding carboxylic acids is 2. The maximum Gasteiger partial charge on any atom is 0.345 e. The van der Waals surface area contributed by atoms with E-state index >= 15 is 0 Å². The highest BCUT2D eigenvalue weighted by Crippen LogP contribution is 2.24. The number of nitro groups is 1. The third-order valence-corrected chi connectivity index (χ3v) is 3.59. The van der Waals surface area contributed by atoms with Crippen molar-refractivity contribution in [2.75, 3.05) is 6.61 Å². The highest BCUT2D eigenvalue weighted by Gasteiger charge is 2.22. The quantitative estimate of drug-likeness (QED) is 0.328. The van der Waals surface area contributed by atoms with E-state index in [0.29, 0.717) is 10.0 Å². The van der Waals surface area contributed by atoms with E-state index in [-0.39, 0.29) is 10.6 Å². The molecule has 0 aliphatic rings. The van der Waals surface area contributed by atoms with Crippen molar-refractivity contribution >= 4 is 45.0 Å². The smallest absolute Gasteiger partial charge is 0.345 e. The Kier molecular flexibility index (Phi) is 5.46. The Morgan fingerprint density at radius 2 is 1.96 bits per heavy atom. The minimum atomic E-state index is -0.961. The van der Waals surface area contributed by atoms with Crippen LogP contribution in [-0.2, 0) is 4.74 Å². The average Bonchev–Trinajstić information content (AvgIpc) is 2.52. The number of carbonyl (C=O) groups is 2. The third-order valence-electron chi connectivity index (χ3n) is 2.86. The van der Waals surface area contributed by atoms with Crippen LogP contribution in [0, 0.1) is 10.1 Å². The molecule has 0 aliphatic carbocycles. The Labute approximate surface area is 144 Å². The SMILES string of the molecule is O=C(COC(=O)c1ccc(Cl)cc1[N+](=O)[O-])c1cccc(Br)c1. The number of ether oxygens (including phenoxy) is 1. The molecule has 0 unspecified atom stereocenters. The predicted molar refractivity (Wildman–Crippen MR) is 86.9 cm³/mol. The molecule has 0 N–H and O–H groups in total. The van der Waals surface area contributed by atoms with Gasteiger partial charge >= 0.3 is 5.97 Å². The molecule has 0 saturated heterocycles. The molecule has 0 radical (unpaired) electrons. The van der Waals surface area contributed by atoms with E-state index in [2.05, 4.69) is 15.9 Å². The van der Waals surface area contributed by atoms with Crippen LogP contribution in [0.1, 0.15) is 20.7 Å².